The standard InChI is InChI=1S/C14H9NO4/c16-13-11-7-6-9(15-12(11)14(17)19-13)8-18-10-4-2-1-3-5-10/h1-7H,8H2. The van der Waals surface area contributed by atoms with Gasteiger partial charge in [-0.1, -0.05) is 18.2 Å². The third-order valence-corrected chi connectivity index (χ3v) is 2.68. The molecular formula is C14H9NO4. The molecule has 5 nitrogen and oxygen atoms in total. The fraction of sp³-hybridized carbons (Fsp3) is 0.0714. The number of benzene rings is 1. The van der Waals surface area contributed by atoms with Crippen LogP contribution in [0.4, 0.5) is 0 Å². The van der Waals surface area contributed by atoms with E-state index in [0.29, 0.717) is 11.4 Å². The maximum Gasteiger partial charge on any atom is 0.365 e. The molecule has 1 aliphatic heterocycles. The minimum absolute atomic E-state index is 0.0548. The van der Waals surface area contributed by atoms with Gasteiger partial charge in [0.15, 0.2) is 5.69 Å². The molecule has 0 saturated heterocycles. The van der Waals surface area contributed by atoms with Gasteiger partial charge in [0, 0.05) is 0 Å². The molecule has 0 atom stereocenters. The maximum absolute atomic E-state index is 11.4. The number of esters is 2. The number of carbonyl (C=O) groups excluding carboxylic acids is 2. The molecule has 0 aliphatic carbocycles. The zero-order chi connectivity index (χ0) is 13.2. The third-order valence-electron chi connectivity index (χ3n) is 2.68. The van der Waals surface area contributed by atoms with Gasteiger partial charge in [-0.15, -0.1) is 0 Å². The average molecular weight is 255 g/mol. The molecule has 0 radical (unpaired) electrons. The van der Waals surface area contributed by atoms with Crippen molar-refractivity contribution in [2.45, 2.75) is 6.61 Å². The summed E-state index contributed by atoms with van der Waals surface area (Å²) in [5, 5.41) is 0. The Morgan fingerprint density at radius 3 is 2.58 bits per heavy atom. The molecule has 0 unspecified atom stereocenters. The lowest BCUT2D eigenvalue weighted by molar-refractivity contribution is 0.0441. The van der Waals surface area contributed by atoms with Gasteiger partial charge in [-0.05, 0) is 24.3 Å². The van der Waals surface area contributed by atoms with Crippen molar-refractivity contribution in [2.75, 3.05) is 0 Å². The predicted octanol–water partition coefficient (Wildman–Crippen LogP) is 1.97. The summed E-state index contributed by atoms with van der Waals surface area (Å²) in [6, 6.07) is 12.4. The molecule has 5 heteroatoms. The van der Waals surface area contributed by atoms with Crippen LogP contribution in [0.3, 0.4) is 0 Å². The first-order chi connectivity index (χ1) is 9.24. The molecule has 0 amide bonds. The molecule has 2 heterocycles. The van der Waals surface area contributed by atoms with Gasteiger partial charge in [0.1, 0.15) is 12.4 Å². The topological polar surface area (TPSA) is 65.5 Å². The monoisotopic (exact) mass is 255 g/mol. The van der Waals surface area contributed by atoms with E-state index < -0.39 is 11.9 Å². The van der Waals surface area contributed by atoms with Crippen LogP contribution >= 0.6 is 0 Å². The Kier molecular flexibility index (Phi) is 2.72. The molecule has 2 aromatic rings. The molecule has 0 saturated carbocycles. The number of para-hydroxylation sites is 1. The summed E-state index contributed by atoms with van der Waals surface area (Å²) in [4.78, 5) is 26.7. The largest absolute Gasteiger partial charge is 0.487 e. The average Bonchev–Trinajstić information content (AvgIpc) is 2.73. The van der Waals surface area contributed by atoms with E-state index in [4.69, 9.17) is 4.74 Å². The van der Waals surface area contributed by atoms with Crippen molar-refractivity contribution in [2.24, 2.45) is 0 Å². The number of hydrogen-bond acceptors (Lipinski definition) is 5. The van der Waals surface area contributed by atoms with Crippen LogP contribution in [0.25, 0.3) is 0 Å². The Labute approximate surface area is 108 Å². The van der Waals surface area contributed by atoms with Crippen LogP contribution in [0.5, 0.6) is 5.75 Å². The second kappa shape index (κ2) is 4.53. The Morgan fingerprint density at radius 2 is 1.79 bits per heavy atom. The van der Waals surface area contributed by atoms with E-state index >= 15 is 0 Å². The maximum atomic E-state index is 11.4. The van der Waals surface area contributed by atoms with Crippen molar-refractivity contribution in [3.8, 4) is 5.75 Å². The summed E-state index contributed by atoms with van der Waals surface area (Å²) in [6.07, 6.45) is 0. The number of carbonyl (C=O) groups is 2. The summed E-state index contributed by atoms with van der Waals surface area (Å²) in [5.74, 6) is -0.645. The molecule has 1 aromatic carbocycles. The van der Waals surface area contributed by atoms with Gasteiger partial charge in [-0.2, -0.15) is 0 Å². The smallest absolute Gasteiger partial charge is 0.365 e. The lowest BCUT2D eigenvalue weighted by Gasteiger charge is -2.05. The third kappa shape index (κ3) is 2.18. The highest BCUT2D eigenvalue weighted by Crippen LogP contribution is 2.19. The summed E-state index contributed by atoms with van der Waals surface area (Å²) >= 11 is 0. The van der Waals surface area contributed by atoms with Crippen LogP contribution in [-0.2, 0) is 11.3 Å². The molecule has 19 heavy (non-hydrogen) atoms. The van der Waals surface area contributed by atoms with Crippen LogP contribution < -0.4 is 4.74 Å². The van der Waals surface area contributed by atoms with Crippen LogP contribution in [-0.4, -0.2) is 16.9 Å². The quantitative estimate of drug-likeness (QED) is 0.619. The van der Waals surface area contributed by atoms with Crippen molar-refractivity contribution < 1.29 is 19.1 Å². The fourth-order valence-electron chi connectivity index (χ4n) is 1.76. The Morgan fingerprint density at radius 1 is 1.00 bits per heavy atom. The second-order valence-electron chi connectivity index (χ2n) is 3.98. The molecule has 0 N–H and O–H groups in total. The number of ether oxygens (including phenoxy) is 2. The number of pyridine rings is 1. The van der Waals surface area contributed by atoms with Crippen LogP contribution in [0.1, 0.15) is 26.5 Å². The number of rotatable bonds is 3. The van der Waals surface area contributed by atoms with E-state index in [1.807, 2.05) is 30.3 Å². The van der Waals surface area contributed by atoms with Crippen molar-refractivity contribution in [3.63, 3.8) is 0 Å². The van der Waals surface area contributed by atoms with E-state index in [0.717, 1.165) is 0 Å². The molecular weight excluding hydrogens is 246 g/mol. The number of aromatic nitrogens is 1. The highest BCUT2D eigenvalue weighted by molar-refractivity contribution is 6.13. The number of hydrogen-bond donors (Lipinski definition) is 0. The first-order valence-corrected chi connectivity index (χ1v) is 5.68. The lowest BCUT2D eigenvalue weighted by atomic mass is 10.2. The van der Waals surface area contributed by atoms with Gasteiger partial charge in [-0.3, -0.25) is 0 Å². The van der Waals surface area contributed by atoms with Crippen LogP contribution in [0.2, 0.25) is 0 Å². The Balaban J connectivity index is 1.78. The number of nitrogens with zero attached hydrogens (tertiary/aromatic N) is 1. The molecule has 1 aliphatic rings. The van der Waals surface area contributed by atoms with E-state index in [1.165, 1.54) is 6.07 Å². The lowest BCUT2D eigenvalue weighted by Crippen LogP contribution is -2.03. The van der Waals surface area contributed by atoms with Crippen molar-refractivity contribution in [3.05, 3.63) is 59.4 Å². The fourth-order valence-corrected chi connectivity index (χ4v) is 1.76. The normalized spacial score (nSPS) is 13.1. The first-order valence-electron chi connectivity index (χ1n) is 5.68. The van der Waals surface area contributed by atoms with Gasteiger partial charge in [0.2, 0.25) is 0 Å². The van der Waals surface area contributed by atoms with E-state index in [-0.39, 0.29) is 17.9 Å². The molecule has 0 fully saturated rings. The first kappa shape index (κ1) is 11.4. The summed E-state index contributed by atoms with van der Waals surface area (Å²) in [7, 11) is 0. The molecule has 0 bridgehead atoms. The minimum atomic E-state index is -0.707. The summed E-state index contributed by atoms with van der Waals surface area (Å²) < 4.78 is 9.98. The van der Waals surface area contributed by atoms with E-state index in [2.05, 4.69) is 9.72 Å². The second-order valence-corrected chi connectivity index (χ2v) is 3.98. The Hall–Kier alpha value is -2.69. The van der Waals surface area contributed by atoms with Gasteiger partial charge in [0.05, 0.1) is 11.3 Å². The van der Waals surface area contributed by atoms with E-state index in [1.54, 1.807) is 6.07 Å². The molecule has 3 rings (SSSR count). The summed E-state index contributed by atoms with van der Waals surface area (Å²) in [6.45, 7) is 0.221. The molecule has 1 aromatic heterocycles. The van der Waals surface area contributed by atoms with Crippen LogP contribution in [0.15, 0.2) is 42.5 Å². The van der Waals surface area contributed by atoms with Gasteiger partial charge < -0.3 is 9.47 Å². The van der Waals surface area contributed by atoms with Gasteiger partial charge in [0.25, 0.3) is 0 Å². The van der Waals surface area contributed by atoms with Crippen molar-refractivity contribution in [1.29, 1.82) is 0 Å². The number of cyclic esters (lactones) is 2. The SMILES string of the molecule is O=C1OC(=O)c2nc(COc3ccccc3)ccc21. The van der Waals surface area contributed by atoms with E-state index in [9.17, 15) is 9.59 Å². The highest BCUT2D eigenvalue weighted by Gasteiger charge is 2.31. The molecule has 0 spiro atoms. The van der Waals surface area contributed by atoms with Gasteiger partial charge in [-0.25, -0.2) is 14.6 Å². The van der Waals surface area contributed by atoms with Gasteiger partial charge >= 0.3 is 11.9 Å². The van der Waals surface area contributed by atoms with Crippen molar-refractivity contribution in [1.82, 2.24) is 4.98 Å². The highest BCUT2D eigenvalue weighted by atomic mass is 16.6. The predicted molar refractivity (Wildman–Crippen MR) is 64.8 cm³/mol. The zero-order valence-corrected chi connectivity index (χ0v) is 9.83. The minimum Gasteiger partial charge on any atom is -0.487 e. The number of fused-ring (bicyclic) bond motifs is 1. The van der Waals surface area contributed by atoms with Crippen molar-refractivity contribution >= 4 is 11.9 Å². The zero-order valence-electron chi connectivity index (χ0n) is 9.83. The summed E-state index contributed by atoms with van der Waals surface area (Å²) in [5.41, 5.74) is 0.821. The Bertz CT molecular complexity index is 652. The molecule has 94 valence electrons. The van der Waals surface area contributed by atoms with Crippen LogP contribution in [0, 0.1) is 0 Å².